The molecule has 110 valence electrons. The third-order valence-corrected chi connectivity index (χ3v) is 4.51. The molecule has 0 saturated carbocycles. The first kappa shape index (κ1) is 14.4. The van der Waals surface area contributed by atoms with E-state index >= 15 is 0 Å². The van der Waals surface area contributed by atoms with Gasteiger partial charge < -0.3 is 10.2 Å². The molecular formula is C18H21ClN2. The molecule has 0 aliphatic carbocycles. The van der Waals surface area contributed by atoms with Crippen molar-refractivity contribution in [1.29, 1.82) is 0 Å². The van der Waals surface area contributed by atoms with Crippen LogP contribution in [0, 0.1) is 0 Å². The summed E-state index contributed by atoms with van der Waals surface area (Å²) in [6.07, 6.45) is 2.16. The number of anilines is 1. The fourth-order valence-electron chi connectivity index (χ4n) is 3.21. The van der Waals surface area contributed by atoms with E-state index in [2.05, 4.69) is 52.7 Å². The quantitative estimate of drug-likeness (QED) is 0.896. The molecule has 1 atom stereocenters. The standard InChI is InChI=1S/C18H21ClN2/c1-20-12-10-17(14-6-3-2-4-7-14)21-13-11-15-8-5-9-16(19)18(15)21/h2-9,17,20H,10-13H2,1H3. The van der Waals surface area contributed by atoms with Gasteiger partial charge in [0.1, 0.15) is 0 Å². The molecule has 0 fully saturated rings. The summed E-state index contributed by atoms with van der Waals surface area (Å²) in [6, 6.07) is 17.4. The third-order valence-electron chi connectivity index (χ3n) is 4.21. The average molecular weight is 301 g/mol. The first-order valence-electron chi connectivity index (χ1n) is 7.55. The average Bonchev–Trinajstić information content (AvgIpc) is 2.94. The van der Waals surface area contributed by atoms with Crippen molar-refractivity contribution in [3.05, 3.63) is 64.7 Å². The maximum Gasteiger partial charge on any atom is 0.0642 e. The highest BCUT2D eigenvalue weighted by atomic mass is 35.5. The summed E-state index contributed by atoms with van der Waals surface area (Å²) in [4.78, 5) is 2.48. The Labute approximate surface area is 131 Å². The van der Waals surface area contributed by atoms with E-state index in [-0.39, 0.29) is 0 Å². The Morgan fingerprint density at radius 2 is 1.95 bits per heavy atom. The number of benzene rings is 2. The van der Waals surface area contributed by atoms with Crippen molar-refractivity contribution in [3.63, 3.8) is 0 Å². The van der Waals surface area contributed by atoms with Crippen molar-refractivity contribution >= 4 is 17.3 Å². The topological polar surface area (TPSA) is 15.3 Å². The van der Waals surface area contributed by atoms with E-state index in [0.717, 1.165) is 31.0 Å². The van der Waals surface area contributed by atoms with Crippen molar-refractivity contribution in [1.82, 2.24) is 5.32 Å². The number of hydrogen-bond donors (Lipinski definition) is 1. The Bertz CT molecular complexity index is 597. The molecule has 1 aliphatic rings. The summed E-state index contributed by atoms with van der Waals surface area (Å²) in [5, 5.41) is 4.14. The van der Waals surface area contributed by atoms with Gasteiger partial charge in [0.2, 0.25) is 0 Å². The van der Waals surface area contributed by atoms with Crippen LogP contribution < -0.4 is 10.2 Å². The van der Waals surface area contributed by atoms with E-state index in [1.165, 1.54) is 16.8 Å². The normalized spacial score (nSPS) is 15.0. The number of hydrogen-bond acceptors (Lipinski definition) is 2. The largest absolute Gasteiger partial charge is 0.363 e. The third kappa shape index (κ3) is 2.92. The minimum atomic E-state index is 0.375. The molecule has 2 nitrogen and oxygen atoms in total. The summed E-state index contributed by atoms with van der Waals surface area (Å²) < 4.78 is 0. The van der Waals surface area contributed by atoms with Gasteiger partial charge in [0.25, 0.3) is 0 Å². The molecule has 0 aromatic heterocycles. The van der Waals surface area contributed by atoms with E-state index in [1.807, 2.05) is 13.1 Å². The molecule has 0 radical (unpaired) electrons. The molecule has 2 aromatic rings. The summed E-state index contributed by atoms with van der Waals surface area (Å²) >= 11 is 6.47. The maximum absolute atomic E-state index is 6.47. The summed E-state index contributed by atoms with van der Waals surface area (Å²) in [7, 11) is 2.01. The van der Waals surface area contributed by atoms with Crippen LogP contribution in [-0.4, -0.2) is 20.1 Å². The van der Waals surface area contributed by atoms with Gasteiger partial charge in [-0.05, 0) is 43.6 Å². The minimum Gasteiger partial charge on any atom is -0.363 e. The van der Waals surface area contributed by atoms with Crippen molar-refractivity contribution in [2.75, 3.05) is 25.0 Å². The SMILES string of the molecule is CNCCC(c1ccccc1)N1CCc2cccc(Cl)c21. The first-order valence-corrected chi connectivity index (χ1v) is 7.92. The lowest BCUT2D eigenvalue weighted by molar-refractivity contribution is 0.569. The summed E-state index contributed by atoms with van der Waals surface area (Å²) in [5.41, 5.74) is 3.96. The Hall–Kier alpha value is -1.51. The van der Waals surface area contributed by atoms with Gasteiger partial charge in [0.15, 0.2) is 0 Å². The van der Waals surface area contributed by atoms with Gasteiger partial charge in [-0.2, -0.15) is 0 Å². The van der Waals surface area contributed by atoms with Crippen LogP contribution in [0.15, 0.2) is 48.5 Å². The number of nitrogens with zero attached hydrogens (tertiary/aromatic N) is 1. The molecule has 1 N–H and O–H groups in total. The van der Waals surface area contributed by atoms with Gasteiger partial charge >= 0.3 is 0 Å². The smallest absolute Gasteiger partial charge is 0.0642 e. The van der Waals surface area contributed by atoms with Crippen molar-refractivity contribution < 1.29 is 0 Å². The van der Waals surface area contributed by atoms with Crippen molar-refractivity contribution in [3.8, 4) is 0 Å². The van der Waals surface area contributed by atoms with Crippen LogP contribution in [-0.2, 0) is 6.42 Å². The second kappa shape index (κ2) is 6.50. The number of fused-ring (bicyclic) bond motifs is 1. The van der Waals surface area contributed by atoms with E-state index in [9.17, 15) is 0 Å². The van der Waals surface area contributed by atoms with Crippen LogP contribution in [0.5, 0.6) is 0 Å². The molecule has 1 unspecified atom stereocenters. The number of nitrogens with one attached hydrogen (secondary N) is 1. The highest BCUT2D eigenvalue weighted by molar-refractivity contribution is 6.33. The molecule has 3 heteroatoms. The van der Waals surface area contributed by atoms with Crippen LogP contribution in [0.2, 0.25) is 5.02 Å². The zero-order chi connectivity index (χ0) is 14.7. The number of para-hydroxylation sites is 1. The highest BCUT2D eigenvalue weighted by Gasteiger charge is 2.28. The molecule has 1 aliphatic heterocycles. The molecule has 1 heterocycles. The lowest BCUT2D eigenvalue weighted by Crippen LogP contribution is -2.29. The Morgan fingerprint density at radius 3 is 2.71 bits per heavy atom. The minimum absolute atomic E-state index is 0.375. The van der Waals surface area contributed by atoms with Crippen LogP contribution >= 0.6 is 11.6 Å². The fraction of sp³-hybridized carbons (Fsp3) is 0.333. The number of halogens is 1. The van der Waals surface area contributed by atoms with Gasteiger partial charge in [-0.25, -0.2) is 0 Å². The summed E-state index contributed by atoms with van der Waals surface area (Å²) in [6.45, 7) is 2.04. The van der Waals surface area contributed by atoms with Crippen LogP contribution in [0.4, 0.5) is 5.69 Å². The second-order valence-corrected chi connectivity index (χ2v) is 5.92. The van der Waals surface area contributed by atoms with Crippen molar-refractivity contribution in [2.45, 2.75) is 18.9 Å². The van der Waals surface area contributed by atoms with Crippen LogP contribution in [0.3, 0.4) is 0 Å². The Balaban J connectivity index is 1.96. The molecule has 3 rings (SSSR count). The van der Waals surface area contributed by atoms with Crippen LogP contribution in [0.1, 0.15) is 23.6 Å². The Kier molecular flexibility index (Phi) is 4.47. The molecular weight excluding hydrogens is 280 g/mol. The van der Waals surface area contributed by atoms with Gasteiger partial charge in [0, 0.05) is 6.54 Å². The Morgan fingerprint density at radius 1 is 1.14 bits per heavy atom. The van der Waals surface area contributed by atoms with Crippen molar-refractivity contribution in [2.24, 2.45) is 0 Å². The monoisotopic (exact) mass is 300 g/mol. The van der Waals surface area contributed by atoms with Gasteiger partial charge in [-0.15, -0.1) is 0 Å². The lowest BCUT2D eigenvalue weighted by atomic mass is 10.0. The number of rotatable bonds is 5. The summed E-state index contributed by atoms with van der Waals surface area (Å²) in [5.74, 6) is 0. The lowest BCUT2D eigenvalue weighted by Gasteiger charge is -2.31. The van der Waals surface area contributed by atoms with Gasteiger partial charge in [-0.3, -0.25) is 0 Å². The molecule has 0 amide bonds. The van der Waals surface area contributed by atoms with E-state index in [1.54, 1.807) is 0 Å². The highest BCUT2D eigenvalue weighted by Crippen LogP contribution is 2.41. The van der Waals surface area contributed by atoms with Gasteiger partial charge in [-0.1, -0.05) is 54.1 Å². The molecule has 0 saturated heterocycles. The zero-order valence-electron chi connectivity index (χ0n) is 12.3. The molecule has 2 aromatic carbocycles. The van der Waals surface area contributed by atoms with E-state index in [0.29, 0.717) is 6.04 Å². The molecule has 0 spiro atoms. The predicted molar refractivity (Wildman–Crippen MR) is 90.2 cm³/mol. The predicted octanol–water partition coefficient (Wildman–Crippen LogP) is 4.05. The molecule has 21 heavy (non-hydrogen) atoms. The van der Waals surface area contributed by atoms with E-state index < -0.39 is 0 Å². The molecule has 0 bridgehead atoms. The second-order valence-electron chi connectivity index (χ2n) is 5.51. The maximum atomic E-state index is 6.47. The first-order chi connectivity index (χ1) is 10.3. The van der Waals surface area contributed by atoms with E-state index in [4.69, 9.17) is 11.6 Å². The van der Waals surface area contributed by atoms with Crippen LogP contribution in [0.25, 0.3) is 0 Å². The fourth-order valence-corrected chi connectivity index (χ4v) is 3.51. The van der Waals surface area contributed by atoms with Gasteiger partial charge in [0.05, 0.1) is 16.8 Å². The zero-order valence-corrected chi connectivity index (χ0v) is 13.1.